The first-order chi connectivity index (χ1) is 12.8. The summed E-state index contributed by atoms with van der Waals surface area (Å²) in [6.07, 6.45) is 0. The van der Waals surface area contributed by atoms with Crippen LogP contribution in [0.5, 0.6) is 0 Å². The van der Waals surface area contributed by atoms with E-state index >= 15 is 0 Å². The standard InChI is InChI=1S/C21H24N4O2/c1-14-9-15(2)21(16(3)10-14)24-20(27)13-25(4)12-19(26)23-18-7-5-17(11-22)6-8-18/h5-10H,12-13H2,1-4H3,(H,23,26)(H,24,27). The fourth-order valence-corrected chi connectivity index (χ4v) is 2.93. The van der Waals surface area contributed by atoms with Crippen LogP contribution in [-0.2, 0) is 9.59 Å². The third-order valence-corrected chi connectivity index (χ3v) is 4.07. The Kier molecular flexibility index (Phi) is 6.69. The average molecular weight is 364 g/mol. The second-order valence-corrected chi connectivity index (χ2v) is 6.73. The lowest BCUT2D eigenvalue weighted by Crippen LogP contribution is -2.36. The zero-order valence-electron chi connectivity index (χ0n) is 16.1. The number of carbonyl (C=O) groups is 2. The Balaban J connectivity index is 1.87. The van der Waals surface area contributed by atoms with Crippen LogP contribution in [0.3, 0.4) is 0 Å². The van der Waals surface area contributed by atoms with Gasteiger partial charge in [-0.1, -0.05) is 17.7 Å². The Morgan fingerprint density at radius 1 is 0.963 bits per heavy atom. The number of carbonyl (C=O) groups excluding carboxylic acids is 2. The molecule has 0 saturated heterocycles. The third-order valence-electron chi connectivity index (χ3n) is 4.07. The molecule has 140 valence electrons. The van der Waals surface area contributed by atoms with Crippen molar-refractivity contribution in [3.05, 3.63) is 58.7 Å². The Labute approximate surface area is 159 Å². The summed E-state index contributed by atoms with van der Waals surface area (Å²) in [6.45, 7) is 6.13. The van der Waals surface area contributed by atoms with Gasteiger partial charge in [-0.15, -0.1) is 0 Å². The molecule has 0 aromatic heterocycles. The Bertz CT molecular complexity index is 859. The molecule has 2 rings (SSSR count). The molecule has 2 aromatic rings. The molecule has 0 saturated carbocycles. The lowest BCUT2D eigenvalue weighted by Gasteiger charge is -2.18. The summed E-state index contributed by atoms with van der Waals surface area (Å²) in [7, 11) is 1.72. The molecule has 2 N–H and O–H groups in total. The largest absolute Gasteiger partial charge is 0.325 e. The van der Waals surface area contributed by atoms with Crippen molar-refractivity contribution in [1.82, 2.24) is 4.90 Å². The molecule has 2 amide bonds. The van der Waals surface area contributed by atoms with E-state index in [2.05, 4.69) is 10.6 Å². The van der Waals surface area contributed by atoms with Crippen LogP contribution < -0.4 is 10.6 Å². The molecule has 0 heterocycles. The highest BCUT2D eigenvalue weighted by Gasteiger charge is 2.13. The van der Waals surface area contributed by atoms with E-state index in [-0.39, 0.29) is 24.9 Å². The van der Waals surface area contributed by atoms with Crippen molar-refractivity contribution < 1.29 is 9.59 Å². The van der Waals surface area contributed by atoms with E-state index < -0.39 is 0 Å². The first kappa shape index (κ1) is 20.1. The van der Waals surface area contributed by atoms with Gasteiger partial charge in [-0.05, 0) is 63.2 Å². The van der Waals surface area contributed by atoms with Gasteiger partial charge in [0.2, 0.25) is 11.8 Å². The topological polar surface area (TPSA) is 85.2 Å². The van der Waals surface area contributed by atoms with Crippen LogP contribution in [-0.4, -0.2) is 36.9 Å². The fraction of sp³-hybridized carbons (Fsp3) is 0.286. The van der Waals surface area contributed by atoms with Crippen LogP contribution in [0.4, 0.5) is 11.4 Å². The fourth-order valence-electron chi connectivity index (χ4n) is 2.93. The van der Waals surface area contributed by atoms with Crippen LogP contribution in [0.25, 0.3) is 0 Å². The van der Waals surface area contributed by atoms with E-state index in [9.17, 15) is 9.59 Å². The van der Waals surface area contributed by atoms with Crippen molar-refractivity contribution in [2.45, 2.75) is 20.8 Å². The van der Waals surface area contributed by atoms with Crippen molar-refractivity contribution in [1.29, 1.82) is 5.26 Å². The van der Waals surface area contributed by atoms with E-state index in [1.165, 1.54) is 0 Å². The number of nitrogens with zero attached hydrogens (tertiary/aromatic N) is 2. The molecule has 27 heavy (non-hydrogen) atoms. The third kappa shape index (κ3) is 5.94. The molecule has 0 aliphatic rings. The van der Waals surface area contributed by atoms with Crippen molar-refractivity contribution in [3.8, 4) is 6.07 Å². The van der Waals surface area contributed by atoms with Gasteiger partial charge in [0.05, 0.1) is 24.7 Å². The summed E-state index contributed by atoms with van der Waals surface area (Å²) in [4.78, 5) is 26.1. The van der Waals surface area contributed by atoms with E-state index in [0.29, 0.717) is 11.3 Å². The monoisotopic (exact) mass is 364 g/mol. The highest BCUT2D eigenvalue weighted by molar-refractivity contribution is 5.95. The summed E-state index contributed by atoms with van der Waals surface area (Å²) in [5, 5.41) is 14.5. The lowest BCUT2D eigenvalue weighted by molar-refractivity contribution is -0.119. The van der Waals surface area contributed by atoms with E-state index in [4.69, 9.17) is 5.26 Å². The highest BCUT2D eigenvalue weighted by atomic mass is 16.2. The minimum Gasteiger partial charge on any atom is -0.325 e. The predicted molar refractivity (Wildman–Crippen MR) is 107 cm³/mol. The molecule has 2 aromatic carbocycles. The number of benzene rings is 2. The summed E-state index contributed by atoms with van der Waals surface area (Å²) in [5.74, 6) is -0.392. The molecule has 0 unspecified atom stereocenters. The van der Waals surface area contributed by atoms with Crippen LogP contribution in [0, 0.1) is 32.1 Å². The van der Waals surface area contributed by atoms with Gasteiger partial charge in [0.1, 0.15) is 0 Å². The van der Waals surface area contributed by atoms with Crippen molar-refractivity contribution in [2.75, 3.05) is 30.8 Å². The second kappa shape index (κ2) is 8.97. The molecule has 0 aliphatic heterocycles. The second-order valence-electron chi connectivity index (χ2n) is 6.73. The van der Waals surface area contributed by atoms with Gasteiger partial charge in [-0.2, -0.15) is 5.26 Å². The maximum atomic E-state index is 12.3. The van der Waals surface area contributed by atoms with Crippen LogP contribution >= 0.6 is 0 Å². The number of nitrogens with one attached hydrogen (secondary N) is 2. The quantitative estimate of drug-likeness (QED) is 0.825. The molecule has 0 spiro atoms. The minimum atomic E-state index is -0.224. The SMILES string of the molecule is Cc1cc(C)c(NC(=O)CN(C)CC(=O)Nc2ccc(C#N)cc2)c(C)c1. The number of aryl methyl sites for hydroxylation is 3. The molecule has 0 bridgehead atoms. The maximum Gasteiger partial charge on any atom is 0.238 e. The smallest absolute Gasteiger partial charge is 0.238 e. The molecule has 0 fully saturated rings. The van der Waals surface area contributed by atoms with E-state index in [0.717, 1.165) is 22.4 Å². The predicted octanol–water partition coefficient (Wildman–Crippen LogP) is 2.99. The molecule has 0 radical (unpaired) electrons. The Hall–Kier alpha value is -3.17. The Morgan fingerprint density at radius 3 is 2.00 bits per heavy atom. The first-order valence-electron chi connectivity index (χ1n) is 8.64. The number of rotatable bonds is 6. The van der Waals surface area contributed by atoms with Gasteiger partial charge in [-0.25, -0.2) is 0 Å². The summed E-state index contributed by atoms with van der Waals surface area (Å²) in [5.41, 5.74) is 5.15. The molecular formula is C21H24N4O2. The van der Waals surface area contributed by atoms with Crippen molar-refractivity contribution in [2.24, 2.45) is 0 Å². The number of hydrogen-bond acceptors (Lipinski definition) is 4. The Morgan fingerprint density at radius 2 is 1.48 bits per heavy atom. The van der Waals surface area contributed by atoms with Gasteiger partial charge >= 0.3 is 0 Å². The molecule has 0 atom stereocenters. The zero-order valence-corrected chi connectivity index (χ0v) is 16.1. The first-order valence-corrected chi connectivity index (χ1v) is 8.64. The maximum absolute atomic E-state index is 12.3. The average Bonchev–Trinajstić information content (AvgIpc) is 2.58. The van der Waals surface area contributed by atoms with Crippen molar-refractivity contribution >= 4 is 23.2 Å². The van der Waals surface area contributed by atoms with Crippen LogP contribution in [0.15, 0.2) is 36.4 Å². The van der Waals surface area contributed by atoms with Crippen LogP contribution in [0.2, 0.25) is 0 Å². The van der Waals surface area contributed by atoms with Crippen LogP contribution in [0.1, 0.15) is 22.3 Å². The summed E-state index contributed by atoms with van der Waals surface area (Å²) in [6, 6.07) is 12.7. The molecule has 0 aliphatic carbocycles. The zero-order chi connectivity index (χ0) is 20.0. The van der Waals surface area contributed by atoms with Crippen molar-refractivity contribution in [3.63, 3.8) is 0 Å². The van der Waals surface area contributed by atoms with Gasteiger partial charge in [0, 0.05) is 11.4 Å². The lowest BCUT2D eigenvalue weighted by atomic mass is 10.1. The molecule has 6 heteroatoms. The molecular weight excluding hydrogens is 340 g/mol. The normalized spacial score (nSPS) is 10.4. The minimum absolute atomic E-state index is 0.0826. The van der Waals surface area contributed by atoms with E-state index in [1.54, 1.807) is 36.2 Å². The number of hydrogen-bond donors (Lipinski definition) is 2. The highest BCUT2D eigenvalue weighted by Crippen LogP contribution is 2.21. The summed E-state index contributed by atoms with van der Waals surface area (Å²) < 4.78 is 0. The molecule has 6 nitrogen and oxygen atoms in total. The van der Waals surface area contributed by atoms with Gasteiger partial charge in [-0.3, -0.25) is 14.5 Å². The van der Waals surface area contributed by atoms with E-state index in [1.807, 2.05) is 39.0 Å². The van der Waals surface area contributed by atoms with Gasteiger partial charge < -0.3 is 10.6 Å². The van der Waals surface area contributed by atoms with Gasteiger partial charge in [0.15, 0.2) is 0 Å². The number of likely N-dealkylation sites (N-methyl/N-ethyl adjacent to an activating group) is 1. The number of amides is 2. The van der Waals surface area contributed by atoms with Gasteiger partial charge in [0.25, 0.3) is 0 Å². The number of anilines is 2. The number of nitriles is 1. The summed E-state index contributed by atoms with van der Waals surface area (Å²) >= 11 is 0.